The Morgan fingerprint density at radius 1 is 1.23 bits per heavy atom. The van der Waals surface area contributed by atoms with Crippen LogP contribution in [-0.4, -0.2) is 12.8 Å². The molecule has 0 bridgehead atoms. The second kappa shape index (κ2) is 12.0. The van der Waals surface area contributed by atoms with Gasteiger partial charge in [-0.2, -0.15) is 0 Å². The predicted octanol–water partition coefficient (Wildman–Crippen LogP) is 0.720. The van der Waals surface area contributed by atoms with E-state index in [1.807, 2.05) is 6.21 Å². The Labute approximate surface area is 96.4 Å². The van der Waals surface area contributed by atoms with Crippen LogP contribution in [0.2, 0.25) is 0 Å². The number of rotatable bonds is 6. The van der Waals surface area contributed by atoms with Crippen molar-refractivity contribution in [2.24, 2.45) is 4.99 Å². The summed E-state index contributed by atoms with van der Waals surface area (Å²) in [6.45, 7) is 7.39. The normalized spacial score (nSPS) is 9.77. The van der Waals surface area contributed by atoms with E-state index in [9.17, 15) is 0 Å². The van der Waals surface area contributed by atoms with Crippen molar-refractivity contribution in [1.29, 1.82) is 0 Å². The van der Waals surface area contributed by atoms with Gasteiger partial charge >= 0.3 is 18.9 Å². The van der Waals surface area contributed by atoms with Crippen molar-refractivity contribution in [3.8, 4) is 0 Å². The summed E-state index contributed by atoms with van der Waals surface area (Å²) in [5.41, 5.74) is 1.31. The molecule has 0 aliphatic heterocycles. The molecule has 13 heavy (non-hydrogen) atoms. The number of aliphatic imine (C=N–C) groups is 1. The van der Waals surface area contributed by atoms with E-state index in [0.29, 0.717) is 0 Å². The molecule has 0 saturated carbocycles. The SMILES string of the molecule is CCCCCCN=CC=C(C)C.[H-].[Li+]. The van der Waals surface area contributed by atoms with Crippen molar-refractivity contribution in [3.63, 3.8) is 0 Å². The minimum absolute atomic E-state index is 0. The van der Waals surface area contributed by atoms with E-state index in [2.05, 4.69) is 31.8 Å². The second-order valence-electron chi connectivity index (χ2n) is 3.36. The van der Waals surface area contributed by atoms with Crippen LogP contribution < -0.4 is 18.9 Å². The molecule has 0 aromatic carbocycles. The molecule has 0 rings (SSSR count). The fourth-order valence-corrected chi connectivity index (χ4v) is 0.906. The number of unbranched alkanes of at least 4 members (excludes halogenated alkanes) is 3. The van der Waals surface area contributed by atoms with Crippen molar-refractivity contribution >= 4 is 6.21 Å². The fourth-order valence-electron chi connectivity index (χ4n) is 0.906. The van der Waals surface area contributed by atoms with Crippen molar-refractivity contribution in [2.45, 2.75) is 46.5 Å². The standard InChI is InChI=1S/C11H21N.Li.H/c1-4-5-6-7-9-12-10-8-11(2)3;;/h8,10H,4-7,9H2,1-3H3;;/q;+1;-1. The molecule has 0 N–H and O–H groups in total. The van der Waals surface area contributed by atoms with E-state index in [1.54, 1.807) is 0 Å². The Balaban J connectivity index is -0.000000605. The molecule has 0 spiro atoms. The zero-order chi connectivity index (χ0) is 9.23. The van der Waals surface area contributed by atoms with Crippen molar-refractivity contribution < 1.29 is 20.3 Å². The van der Waals surface area contributed by atoms with Gasteiger partial charge in [0, 0.05) is 12.8 Å². The summed E-state index contributed by atoms with van der Waals surface area (Å²) in [6.07, 6.45) is 9.18. The molecular formula is C11H22LiN. The van der Waals surface area contributed by atoms with Gasteiger partial charge < -0.3 is 1.43 Å². The molecule has 2 heteroatoms. The first kappa shape index (κ1) is 15.5. The summed E-state index contributed by atoms with van der Waals surface area (Å²) in [4.78, 5) is 4.28. The first-order valence-corrected chi connectivity index (χ1v) is 4.90. The van der Waals surface area contributed by atoms with Crippen LogP contribution >= 0.6 is 0 Å². The Morgan fingerprint density at radius 2 is 1.92 bits per heavy atom. The van der Waals surface area contributed by atoms with Gasteiger partial charge in [-0.15, -0.1) is 0 Å². The molecule has 1 nitrogen and oxygen atoms in total. The molecule has 0 unspecified atom stereocenters. The molecule has 0 amide bonds. The van der Waals surface area contributed by atoms with Gasteiger partial charge in [-0.1, -0.05) is 31.8 Å². The maximum atomic E-state index is 4.28. The van der Waals surface area contributed by atoms with Crippen LogP contribution in [0.3, 0.4) is 0 Å². The summed E-state index contributed by atoms with van der Waals surface area (Å²) < 4.78 is 0. The number of allylic oxidation sites excluding steroid dienone is 2. The third kappa shape index (κ3) is 14.8. The summed E-state index contributed by atoms with van der Waals surface area (Å²) in [7, 11) is 0. The quantitative estimate of drug-likeness (QED) is 0.320. The molecule has 0 saturated heterocycles. The van der Waals surface area contributed by atoms with E-state index in [1.165, 1.54) is 31.3 Å². The molecule has 0 aliphatic rings. The Kier molecular flexibility index (Phi) is 14.3. The average molecular weight is 175 g/mol. The van der Waals surface area contributed by atoms with Crippen LogP contribution in [0.5, 0.6) is 0 Å². The van der Waals surface area contributed by atoms with Crippen LogP contribution in [0.4, 0.5) is 0 Å². The van der Waals surface area contributed by atoms with Gasteiger partial charge in [0.25, 0.3) is 0 Å². The van der Waals surface area contributed by atoms with Crippen molar-refractivity contribution in [3.05, 3.63) is 11.6 Å². The maximum absolute atomic E-state index is 4.28. The molecule has 0 atom stereocenters. The molecule has 0 radical (unpaired) electrons. The first-order valence-electron chi connectivity index (χ1n) is 4.90. The second-order valence-corrected chi connectivity index (χ2v) is 3.36. The summed E-state index contributed by atoms with van der Waals surface area (Å²) in [5.74, 6) is 0. The fraction of sp³-hybridized carbons (Fsp3) is 0.727. The number of hydrogen-bond donors (Lipinski definition) is 0. The largest absolute Gasteiger partial charge is 1.00 e. The summed E-state index contributed by atoms with van der Waals surface area (Å²) >= 11 is 0. The summed E-state index contributed by atoms with van der Waals surface area (Å²) in [5, 5.41) is 0. The third-order valence-electron chi connectivity index (χ3n) is 1.65. The van der Waals surface area contributed by atoms with E-state index < -0.39 is 0 Å². The molecule has 0 aromatic heterocycles. The van der Waals surface area contributed by atoms with E-state index in [-0.39, 0.29) is 20.3 Å². The van der Waals surface area contributed by atoms with E-state index in [4.69, 9.17) is 0 Å². The van der Waals surface area contributed by atoms with Crippen molar-refractivity contribution in [1.82, 2.24) is 0 Å². The summed E-state index contributed by atoms with van der Waals surface area (Å²) in [6, 6.07) is 0. The number of hydrogen-bond acceptors (Lipinski definition) is 1. The monoisotopic (exact) mass is 175 g/mol. The smallest absolute Gasteiger partial charge is 1.00 e. The van der Waals surface area contributed by atoms with E-state index in [0.717, 1.165) is 6.54 Å². The topological polar surface area (TPSA) is 12.4 Å². The van der Waals surface area contributed by atoms with Gasteiger partial charge in [0.2, 0.25) is 0 Å². The molecule has 0 aliphatic carbocycles. The average Bonchev–Trinajstić information content (AvgIpc) is 2.02. The third-order valence-corrected chi connectivity index (χ3v) is 1.65. The Morgan fingerprint density at radius 3 is 2.46 bits per heavy atom. The van der Waals surface area contributed by atoms with Gasteiger partial charge in [0.15, 0.2) is 0 Å². The van der Waals surface area contributed by atoms with Gasteiger partial charge in [0.1, 0.15) is 0 Å². The zero-order valence-corrected chi connectivity index (χ0v) is 9.64. The minimum atomic E-state index is 0. The van der Waals surface area contributed by atoms with E-state index >= 15 is 0 Å². The van der Waals surface area contributed by atoms with Crippen LogP contribution in [0.15, 0.2) is 16.6 Å². The van der Waals surface area contributed by atoms with Crippen LogP contribution in [-0.2, 0) is 0 Å². The molecule has 0 fully saturated rings. The Bertz CT molecular complexity index is 151. The van der Waals surface area contributed by atoms with Gasteiger partial charge in [-0.25, -0.2) is 0 Å². The Hall–Kier alpha value is 0.00740. The van der Waals surface area contributed by atoms with Crippen LogP contribution in [0.25, 0.3) is 0 Å². The minimum Gasteiger partial charge on any atom is -1.00 e. The zero-order valence-electron chi connectivity index (χ0n) is 10.6. The molecule has 72 valence electrons. The van der Waals surface area contributed by atoms with Crippen LogP contribution in [0, 0.1) is 0 Å². The number of nitrogens with zero attached hydrogens (tertiary/aromatic N) is 1. The van der Waals surface area contributed by atoms with Gasteiger partial charge in [-0.05, 0) is 26.3 Å². The molecule has 0 aromatic rings. The van der Waals surface area contributed by atoms with Gasteiger partial charge in [-0.3, -0.25) is 4.99 Å². The first-order chi connectivity index (χ1) is 5.77. The van der Waals surface area contributed by atoms with Gasteiger partial charge in [0.05, 0.1) is 0 Å². The maximum Gasteiger partial charge on any atom is 1.00 e. The van der Waals surface area contributed by atoms with Crippen LogP contribution in [0.1, 0.15) is 47.9 Å². The predicted molar refractivity (Wildman–Crippen MR) is 58.0 cm³/mol. The molecular weight excluding hydrogens is 153 g/mol. The molecule has 0 heterocycles. The van der Waals surface area contributed by atoms with Crippen molar-refractivity contribution in [2.75, 3.05) is 6.54 Å².